The predicted octanol–water partition coefficient (Wildman–Crippen LogP) is 1.22. The van der Waals surface area contributed by atoms with Gasteiger partial charge in [-0.1, -0.05) is 12.2 Å². The van der Waals surface area contributed by atoms with E-state index in [9.17, 15) is 9.59 Å². The summed E-state index contributed by atoms with van der Waals surface area (Å²) in [7, 11) is 0. The fourth-order valence-corrected chi connectivity index (χ4v) is 5.19. The molecule has 20 heavy (non-hydrogen) atoms. The molecule has 4 fully saturated rings. The Morgan fingerprint density at radius 3 is 2.30 bits per heavy atom. The molecular formula is C16H19NO3. The molecule has 0 unspecified atom stereocenters. The van der Waals surface area contributed by atoms with Crippen LogP contribution >= 0.6 is 0 Å². The van der Waals surface area contributed by atoms with Crippen LogP contribution in [0.4, 0.5) is 0 Å². The Bertz CT molecular complexity index is 486. The normalized spacial score (nSPS) is 51.6. The lowest BCUT2D eigenvalue weighted by molar-refractivity contribution is -0.142. The Hall–Kier alpha value is -1.16. The molecule has 4 heteroatoms. The van der Waals surface area contributed by atoms with Gasteiger partial charge in [-0.25, -0.2) is 0 Å². The third-order valence-electron chi connectivity index (χ3n) is 6.16. The van der Waals surface area contributed by atoms with E-state index in [1.54, 1.807) is 0 Å². The molecule has 106 valence electrons. The molecule has 0 N–H and O–H groups in total. The van der Waals surface area contributed by atoms with Gasteiger partial charge in [0.2, 0.25) is 11.8 Å². The average Bonchev–Trinajstić information content (AvgIpc) is 3.08. The Kier molecular flexibility index (Phi) is 2.14. The van der Waals surface area contributed by atoms with E-state index >= 15 is 0 Å². The quantitative estimate of drug-likeness (QED) is 0.561. The van der Waals surface area contributed by atoms with Gasteiger partial charge in [-0.15, -0.1) is 0 Å². The number of amides is 2. The summed E-state index contributed by atoms with van der Waals surface area (Å²) in [5, 5.41) is 0. The zero-order valence-corrected chi connectivity index (χ0v) is 11.4. The minimum Gasteiger partial charge on any atom is -0.376 e. The first-order chi connectivity index (χ1) is 9.75. The number of ether oxygens (including phenoxy) is 1. The van der Waals surface area contributed by atoms with Crippen molar-refractivity contribution in [2.45, 2.75) is 25.4 Å². The molecule has 4 aliphatic carbocycles. The maximum absolute atomic E-state index is 12.7. The van der Waals surface area contributed by atoms with Gasteiger partial charge in [0.25, 0.3) is 0 Å². The van der Waals surface area contributed by atoms with E-state index in [0.29, 0.717) is 30.2 Å². The number of likely N-dealkylation sites (tertiary alicyclic amines) is 1. The molecule has 0 aromatic carbocycles. The second-order valence-corrected chi connectivity index (χ2v) is 7.08. The Morgan fingerprint density at radius 1 is 1.10 bits per heavy atom. The van der Waals surface area contributed by atoms with Crippen LogP contribution < -0.4 is 0 Å². The van der Waals surface area contributed by atoms with Crippen molar-refractivity contribution in [2.24, 2.45) is 35.5 Å². The Balaban J connectivity index is 1.44. The highest BCUT2D eigenvalue weighted by Gasteiger charge is 2.67. The zero-order valence-electron chi connectivity index (χ0n) is 11.4. The molecule has 2 aliphatic heterocycles. The lowest BCUT2D eigenvalue weighted by atomic mass is 9.63. The molecule has 2 saturated carbocycles. The molecule has 2 heterocycles. The van der Waals surface area contributed by atoms with Crippen LogP contribution in [-0.2, 0) is 14.3 Å². The van der Waals surface area contributed by atoms with Gasteiger partial charge in [0.1, 0.15) is 0 Å². The fraction of sp³-hybridized carbons (Fsp3) is 0.750. The van der Waals surface area contributed by atoms with Crippen LogP contribution in [0, 0.1) is 35.5 Å². The second-order valence-electron chi connectivity index (χ2n) is 7.08. The third-order valence-corrected chi connectivity index (χ3v) is 6.16. The predicted molar refractivity (Wildman–Crippen MR) is 70.4 cm³/mol. The SMILES string of the molecule is O=C1[C@@H]2[C@H]3C=C[C@@H]([C@@H]4C[C@H]34)[C@@H]2C(=O)N1C[C@@H]1CCCO1. The molecule has 4 nitrogen and oxygen atoms in total. The minimum atomic E-state index is -0.0531. The largest absolute Gasteiger partial charge is 0.376 e. The summed E-state index contributed by atoms with van der Waals surface area (Å²) in [4.78, 5) is 26.9. The van der Waals surface area contributed by atoms with Crippen LogP contribution in [0.5, 0.6) is 0 Å². The molecule has 0 aromatic rings. The van der Waals surface area contributed by atoms with Gasteiger partial charge in [0, 0.05) is 6.61 Å². The Morgan fingerprint density at radius 2 is 1.75 bits per heavy atom. The van der Waals surface area contributed by atoms with Gasteiger partial charge < -0.3 is 4.74 Å². The lowest BCUT2D eigenvalue weighted by Crippen LogP contribution is -2.40. The van der Waals surface area contributed by atoms with Crippen LogP contribution in [0.2, 0.25) is 0 Å². The van der Waals surface area contributed by atoms with Crippen molar-refractivity contribution in [3.63, 3.8) is 0 Å². The first-order valence-corrected chi connectivity index (χ1v) is 7.91. The first kappa shape index (κ1) is 11.5. The van der Waals surface area contributed by atoms with E-state index in [1.807, 2.05) is 0 Å². The summed E-state index contributed by atoms with van der Waals surface area (Å²) in [6.07, 6.45) is 7.76. The smallest absolute Gasteiger partial charge is 0.233 e. The number of hydrogen-bond donors (Lipinski definition) is 0. The van der Waals surface area contributed by atoms with Crippen molar-refractivity contribution >= 4 is 11.8 Å². The van der Waals surface area contributed by atoms with Gasteiger partial charge in [0.15, 0.2) is 0 Å². The number of nitrogens with zero attached hydrogens (tertiary/aromatic N) is 1. The number of carbonyl (C=O) groups excluding carboxylic acids is 2. The van der Waals surface area contributed by atoms with Gasteiger partial charge in [-0.2, -0.15) is 0 Å². The van der Waals surface area contributed by atoms with Crippen molar-refractivity contribution in [3.8, 4) is 0 Å². The molecule has 2 amide bonds. The van der Waals surface area contributed by atoms with Gasteiger partial charge in [-0.05, 0) is 42.9 Å². The number of carbonyl (C=O) groups is 2. The van der Waals surface area contributed by atoms with Gasteiger partial charge in [-0.3, -0.25) is 14.5 Å². The Labute approximate surface area is 118 Å². The van der Waals surface area contributed by atoms with Crippen molar-refractivity contribution in [1.29, 1.82) is 0 Å². The van der Waals surface area contributed by atoms with E-state index in [4.69, 9.17) is 4.74 Å². The highest BCUT2D eigenvalue weighted by molar-refractivity contribution is 6.06. The van der Waals surface area contributed by atoms with E-state index in [1.165, 1.54) is 11.3 Å². The highest BCUT2D eigenvalue weighted by atomic mass is 16.5. The zero-order chi connectivity index (χ0) is 13.4. The third kappa shape index (κ3) is 1.31. The maximum atomic E-state index is 12.7. The van der Waals surface area contributed by atoms with Crippen molar-refractivity contribution < 1.29 is 14.3 Å². The molecule has 6 aliphatic rings. The topological polar surface area (TPSA) is 46.6 Å². The summed E-state index contributed by atoms with van der Waals surface area (Å²) in [6.45, 7) is 1.25. The molecule has 6 rings (SSSR count). The van der Waals surface area contributed by atoms with Crippen molar-refractivity contribution in [3.05, 3.63) is 12.2 Å². The van der Waals surface area contributed by atoms with Gasteiger partial charge >= 0.3 is 0 Å². The molecule has 0 spiro atoms. The number of rotatable bonds is 2. The first-order valence-electron chi connectivity index (χ1n) is 7.91. The van der Waals surface area contributed by atoms with Crippen LogP contribution in [0.1, 0.15) is 19.3 Å². The van der Waals surface area contributed by atoms with Crippen molar-refractivity contribution in [1.82, 2.24) is 4.90 Å². The maximum Gasteiger partial charge on any atom is 0.233 e. The van der Waals surface area contributed by atoms with Crippen LogP contribution in [0.3, 0.4) is 0 Å². The summed E-state index contributed by atoms with van der Waals surface area (Å²) in [6, 6.07) is 0. The standard InChI is InChI=1S/C16H19NO3/c18-15-13-9-3-4-10(12-6-11(9)12)14(13)16(19)17(15)7-8-2-1-5-20-8/h3-4,8-14H,1-2,5-7H2/t8-,9-,10-,11-,12+,13-,14+/m0/s1. The second kappa shape index (κ2) is 3.73. The summed E-state index contributed by atoms with van der Waals surface area (Å²) >= 11 is 0. The molecule has 0 aromatic heterocycles. The van der Waals surface area contributed by atoms with Crippen LogP contribution in [0.15, 0.2) is 12.2 Å². The molecule has 0 radical (unpaired) electrons. The number of hydrogen-bond acceptors (Lipinski definition) is 3. The average molecular weight is 273 g/mol. The lowest BCUT2D eigenvalue weighted by Gasteiger charge is -2.37. The summed E-state index contributed by atoms with van der Waals surface area (Å²) in [5.74, 6) is 2.10. The number of imide groups is 1. The van der Waals surface area contributed by atoms with E-state index in [2.05, 4.69) is 12.2 Å². The van der Waals surface area contributed by atoms with E-state index in [-0.39, 0.29) is 29.8 Å². The summed E-state index contributed by atoms with van der Waals surface area (Å²) < 4.78 is 5.60. The van der Waals surface area contributed by atoms with E-state index in [0.717, 1.165) is 19.4 Å². The molecule has 2 bridgehead atoms. The molecule has 7 atom stereocenters. The van der Waals surface area contributed by atoms with Crippen molar-refractivity contribution in [2.75, 3.05) is 13.2 Å². The monoisotopic (exact) mass is 273 g/mol. The van der Waals surface area contributed by atoms with Crippen LogP contribution in [0.25, 0.3) is 0 Å². The van der Waals surface area contributed by atoms with E-state index < -0.39 is 0 Å². The molecular weight excluding hydrogens is 254 g/mol. The minimum absolute atomic E-state index is 0.0531. The molecule has 2 saturated heterocycles. The fourth-order valence-electron chi connectivity index (χ4n) is 5.19. The number of allylic oxidation sites excluding steroid dienone is 2. The van der Waals surface area contributed by atoms with Gasteiger partial charge in [0.05, 0.1) is 24.5 Å². The highest BCUT2D eigenvalue weighted by Crippen LogP contribution is 2.65. The summed E-state index contributed by atoms with van der Waals surface area (Å²) in [5.41, 5.74) is 0. The van der Waals surface area contributed by atoms with Crippen LogP contribution in [-0.4, -0.2) is 36.0 Å².